The first-order chi connectivity index (χ1) is 9.20. The zero-order chi connectivity index (χ0) is 14.9. The van der Waals surface area contributed by atoms with Crippen LogP contribution in [0, 0.1) is 13.8 Å². The normalized spacial score (nSPS) is 6.68. The van der Waals surface area contributed by atoms with E-state index in [0.29, 0.717) is 0 Å². The van der Waals surface area contributed by atoms with Crippen molar-refractivity contribution in [2.24, 2.45) is 0 Å². The van der Waals surface area contributed by atoms with Gasteiger partial charge in [0.1, 0.15) is 0 Å². The first-order valence-corrected chi connectivity index (χ1v) is 10.9. The number of halogens is 3. The van der Waals surface area contributed by atoms with Crippen molar-refractivity contribution in [2.45, 2.75) is 38.5 Å². The molecule has 22 heavy (non-hydrogen) atoms. The van der Waals surface area contributed by atoms with Crippen LogP contribution in [0.4, 0.5) is 0 Å². The Bertz CT molecular complexity index is 329. The van der Waals surface area contributed by atoms with E-state index < -0.39 is 0 Å². The third-order valence-corrected chi connectivity index (χ3v) is 1.88. The second kappa shape index (κ2) is 29.3. The Balaban J connectivity index is -0.0000000617. The average Bonchev–Trinajstić information content (AvgIpc) is 2.44. The van der Waals surface area contributed by atoms with Gasteiger partial charge in [0.15, 0.2) is 0 Å². The third-order valence-electron chi connectivity index (χ3n) is 1.88. The summed E-state index contributed by atoms with van der Waals surface area (Å²) in [5.74, 6) is 0. The second-order valence-electron chi connectivity index (χ2n) is 3.81. The van der Waals surface area contributed by atoms with Gasteiger partial charge in [0.05, 0.1) is 0 Å². The van der Waals surface area contributed by atoms with E-state index in [2.05, 4.69) is 45.0 Å². The molecule has 0 nitrogen and oxygen atoms in total. The molecule has 0 aromatic heterocycles. The second-order valence-corrected chi connectivity index (χ2v) is 7.70. The van der Waals surface area contributed by atoms with E-state index in [-0.39, 0.29) is 37.2 Å². The largest absolute Gasteiger partial charge is 0.147 e. The smallest absolute Gasteiger partial charge is 0.0398 e. The van der Waals surface area contributed by atoms with Crippen LogP contribution in [0.2, 0.25) is 3.93 Å². The van der Waals surface area contributed by atoms with E-state index in [1.807, 2.05) is 50.2 Å². The third kappa shape index (κ3) is 28.4. The molecule has 0 amide bonds. The summed E-state index contributed by atoms with van der Waals surface area (Å²) in [6, 6.07) is 20.5. The van der Waals surface area contributed by atoms with Gasteiger partial charge in [0.25, 0.3) is 0 Å². The summed E-state index contributed by atoms with van der Waals surface area (Å²) in [5, 5.41) is 0. The van der Waals surface area contributed by atoms with Crippen LogP contribution in [-0.4, -0.2) is 0 Å². The van der Waals surface area contributed by atoms with Crippen LogP contribution in [0.1, 0.15) is 31.9 Å². The summed E-state index contributed by atoms with van der Waals surface area (Å²) in [6.07, 6.45) is 0. The minimum Gasteiger partial charge on any atom is -0.147 e. The first kappa shape index (κ1) is 33.8. The van der Waals surface area contributed by atoms with E-state index >= 15 is 0 Å². The Morgan fingerprint density at radius 3 is 0.909 bits per heavy atom. The van der Waals surface area contributed by atoms with Gasteiger partial charge in [-0.3, -0.25) is 0 Å². The maximum Gasteiger partial charge on any atom is -0.0398 e. The molecule has 0 saturated heterocycles. The van der Waals surface area contributed by atoms with E-state index in [9.17, 15) is 0 Å². The van der Waals surface area contributed by atoms with Crippen LogP contribution in [0.5, 0.6) is 0 Å². The molecule has 0 spiro atoms. The Morgan fingerprint density at radius 1 is 0.636 bits per heavy atom. The van der Waals surface area contributed by atoms with Gasteiger partial charge in [0, 0.05) is 0 Å². The van der Waals surface area contributed by atoms with Crippen molar-refractivity contribution in [3.05, 3.63) is 71.8 Å². The molecule has 0 aliphatic carbocycles. The molecule has 2 rings (SSSR count). The Kier molecular flexibility index (Phi) is 44.9. The molecule has 0 fully saturated rings. The molecule has 4 heteroatoms. The fraction of sp³-hybridized carbons (Fsp3) is 0.333. The molecule has 0 atom stereocenters. The molecule has 0 N–H and O–H groups in total. The number of benzene rings is 2. The molecule has 0 saturated carbocycles. The van der Waals surface area contributed by atoms with Gasteiger partial charge in [0.2, 0.25) is 0 Å². The Labute approximate surface area is 172 Å². The summed E-state index contributed by atoms with van der Waals surface area (Å²) < 4.78 is 1.44. The summed E-state index contributed by atoms with van der Waals surface area (Å²) in [6.45, 7) is 10.4. The van der Waals surface area contributed by atoms with E-state index in [1.54, 1.807) is 0 Å². The van der Waals surface area contributed by atoms with Crippen molar-refractivity contribution in [1.82, 2.24) is 0 Å². The molecular formula is C18H30Cl3Hg. The van der Waals surface area contributed by atoms with Crippen molar-refractivity contribution in [3.8, 4) is 0 Å². The minimum absolute atomic E-state index is 0. The minimum atomic E-state index is 0. The van der Waals surface area contributed by atoms with Crippen LogP contribution in [0.3, 0.4) is 0 Å². The molecule has 125 valence electrons. The summed E-state index contributed by atoms with van der Waals surface area (Å²) >= 11 is 1.07. The fourth-order valence-electron chi connectivity index (χ4n) is 1.07. The molecule has 2 aromatic carbocycles. The molecular weight excluding hydrogens is 523 g/mol. The van der Waals surface area contributed by atoms with Crippen molar-refractivity contribution < 1.29 is 26.1 Å². The van der Waals surface area contributed by atoms with Crippen molar-refractivity contribution >= 4 is 37.2 Å². The van der Waals surface area contributed by atoms with Gasteiger partial charge in [-0.05, 0) is 13.8 Å². The van der Waals surface area contributed by atoms with Gasteiger partial charge in [-0.15, -0.1) is 37.2 Å². The maximum atomic E-state index is 2.21. The van der Waals surface area contributed by atoms with Crippen molar-refractivity contribution in [2.75, 3.05) is 0 Å². The quantitative estimate of drug-likeness (QED) is 0.302. The first-order valence-electron chi connectivity index (χ1n) is 7.03. The van der Waals surface area contributed by atoms with Crippen LogP contribution < -0.4 is 0 Å². The van der Waals surface area contributed by atoms with Gasteiger partial charge >= 0.3 is 37.0 Å². The van der Waals surface area contributed by atoms with Crippen LogP contribution in [-0.2, 0) is 26.1 Å². The molecule has 0 heterocycles. The SMILES string of the molecule is CC.C[CH2][Hg].Cc1ccccc1.Cc1ccccc1.Cl.Cl.Cl. The van der Waals surface area contributed by atoms with Crippen LogP contribution in [0.15, 0.2) is 60.7 Å². The van der Waals surface area contributed by atoms with Crippen LogP contribution in [0.25, 0.3) is 0 Å². The van der Waals surface area contributed by atoms with Gasteiger partial charge in [-0.25, -0.2) is 0 Å². The number of aryl methyl sites for hydroxylation is 2. The molecule has 2 aromatic rings. The molecule has 0 radical (unpaired) electrons. The van der Waals surface area contributed by atoms with Crippen LogP contribution >= 0.6 is 37.2 Å². The summed E-state index contributed by atoms with van der Waals surface area (Å²) in [7, 11) is 0. The zero-order valence-corrected chi connectivity index (χ0v) is 22.4. The average molecular weight is 553 g/mol. The standard InChI is InChI=1S/2C7H8.C2H6.C2H5.3ClH.Hg/c2*1-7-5-3-2-4-6-7;2*1-2;;;;/h2*2-6H,1H3;1-2H3;1H2,2H3;3*1H;. The van der Waals surface area contributed by atoms with Gasteiger partial charge < -0.3 is 0 Å². The number of rotatable bonds is 0. The maximum absolute atomic E-state index is 2.21. The topological polar surface area (TPSA) is 0 Å². The van der Waals surface area contributed by atoms with Crippen molar-refractivity contribution in [1.29, 1.82) is 0 Å². The number of hydrogen-bond acceptors (Lipinski definition) is 0. The predicted molar refractivity (Wildman–Crippen MR) is 106 cm³/mol. The van der Waals surface area contributed by atoms with Gasteiger partial charge in [-0.2, -0.15) is 0 Å². The monoisotopic (exact) mass is 553 g/mol. The van der Waals surface area contributed by atoms with E-state index in [0.717, 1.165) is 26.1 Å². The fourth-order valence-corrected chi connectivity index (χ4v) is 1.07. The van der Waals surface area contributed by atoms with Crippen molar-refractivity contribution in [3.63, 3.8) is 0 Å². The number of hydrogen-bond donors (Lipinski definition) is 0. The molecule has 0 aliphatic rings. The van der Waals surface area contributed by atoms with E-state index in [4.69, 9.17) is 0 Å². The summed E-state index contributed by atoms with van der Waals surface area (Å²) in [4.78, 5) is 0. The Hall–Kier alpha value is 0.245. The van der Waals surface area contributed by atoms with E-state index in [1.165, 1.54) is 15.1 Å². The molecule has 0 aliphatic heterocycles. The van der Waals surface area contributed by atoms with Gasteiger partial charge in [-0.1, -0.05) is 85.6 Å². The molecule has 0 bridgehead atoms. The molecule has 0 unspecified atom stereocenters. The Morgan fingerprint density at radius 2 is 0.818 bits per heavy atom. The summed E-state index contributed by atoms with van der Waals surface area (Å²) in [5.41, 5.74) is 2.64. The predicted octanol–water partition coefficient (Wildman–Crippen LogP) is 7.25. The zero-order valence-electron chi connectivity index (χ0n) is 14.4.